The van der Waals surface area contributed by atoms with Crippen LogP contribution in [-0.2, 0) is 4.79 Å². The molecule has 0 N–H and O–H groups in total. The summed E-state index contributed by atoms with van der Waals surface area (Å²) in [5.74, 6) is 0.627. The van der Waals surface area contributed by atoms with E-state index in [-0.39, 0.29) is 17.8 Å². The Morgan fingerprint density at radius 1 is 1.50 bits per heavy atom. The van der Waals surface area contributed by atoms with Gasteiger partial charge in [-0.3, -0.25) is 9.69 Å². The van der Waals surface area contributed by atoms with E-state index in [1.807, 2.05) is 20.8 Å². The molecule has 1 aromatic heterocycles. The highest BCUT2D eigenvalue weighted by molar-refractivity contribution is 5.95. The molecule has 18 heavy (non-hydrogen) atoms. The van der Waals surface area contributed by atoms with Crippen molar-refractivity contribution in [1.29, 1.82) is 0 Å². The molecule has 96 valence electrons. The number of nitrogens with zero attached hydrogens (tertiary/aromatic N) is 2. The molecule has 1 atom stereocenters. The highest BCUT2D eigenvalue weighted by Crippen LogP contribution is 2.24. The minimum Gasteiger partial charge on any atom is -0.404 e. The molecule has 1 fully saturated rings. The number of carbonyl (C=O) groups excluding carboxylic acids is 1. The number of amides is 1. The molecule has 2 rings (SSSR count). The monoisotopic (exact) mass is 248 g/mol. The van der Waals surface area contributed by atoms with Crippen LogP contribution in [-0.4, -0.2) is 16.9 Å². The molecule has 0 aliphatic carbocycles. The van der Waals surface area contributed by atoms with Crippen LogP contribution in [0.5, 0.6) is 0 Å². The van der Waals surface area contributed by atoms with Crippen molar-refractivity contribution in [3.8, 4) is 0 Å². The standard InChI is InChI=1S/C13H16N2O3/c1-8(2)6-11-14-10(7-13(17)18-11)15-9(3)4-5-12(15)16/h6-7,9H,4-5H2,1-3H3/t9-/m1/s1. The summed E-state index contributed by atoms with van der Waals surface area (Å²) in [6, 6.07) is 1.34. The minimum absolute atomic E-state index is 0.00347. The number of rotatable bonds is 2. The summed E-state index contributed by atoms with van der Waals surface area (Å²) in [6.07, 6.45) is 2.97. The highest BCUT2D eigenvalue weighted by Gasteiger charge is 2.30. The molecule has 1 saturated heterocycles. The summed E-state index contributed by atoms with van der Waals surface area (Å²) in [7, 11) is 0. The van der Waals surface area contributed by atoms with Crippen molar-refractivity contribution in [2.45, 2.75) is 39.7 Å². The number of allylic oxidation sites excluding steroid dienone is 1. The van der Waals surface area contributed by atoms with Crippen molar-refractivity contribution in [3.63, 3.8) is 0 Å². The van der Waals surface area contributed by atoms with Crippen LogP contribution in [0, 0.1) is 0 Å². The predicted molar refractivity (Wildman–Crippen MR) is 68.3 cm³/mol. The molecule has 1 amide bonds. The molecule has 0 spiro atoms. The van der Waals surface area contributed by atoms with Gasteiger partial charge in [0.05, 0.1) is 6.07 Å². The van der Waals surface area contributed by atoms with Crippen LogP contribution < -0.4 is 10.5 Å². The molecule has 1 aliphatic rings. The lowest BCUT2D eigenvalue weighted by Crippen LogP contribution is -2.32. The second-order valence-electron chi connectivity index (χ2n) is 4.75. The number of hydrogen-bond acceptors (Lipinski definition) is 4. The van der Waals surface area contributed by atoms with Crippen LogP contribution in [0.1, 0.15) is 39.5 Å². The normalized spacial score (nSPS) is 19.2. The quantitative estimate of drug-likeness (QED) is 0.802. The van der Waals surface area contributed by atoms with E-state index in [9.17, 15) is 9.59 Å². The van der Waals surface area contributed by atoms with Crippen LogP contribution >= 0.6 is 0 Å². The van der Waals surface area contributed by atoms with Gasteiger partial charge in [0.2, 0.25) is 11.8 Å². The van der Waals surface area contributed by atoms with Crippen molar-refractivity contribution in [2.24, 2.45) is 0 Å². The Kier molecular flexibility index (Phi) is 3.32. The first kappa shape index (κ1) is 12.5. The lowest BCUT2D eigenvalue weighted by atomic mass is 10.2. The summed E-state index contributed by atoms with van der Waals surface area (Å²) in [5, 5.41) is 0. The molecule has 0 bridgehead atoms. The first-order chi connectivity index (χ1) is 8.47. The summed E-state index contributed by atoms with van der Waals surface area (Å²) in [4.78, 5) is 29.0. The zero-order valence-electron chi connectivity index (χ0n) is 10.8. The van der Waals surface area contributed by atoms with Gasteiger partial charge in [0.25, 0.3) is 0 Å². The van der Waals surface area contributed by atoms with Crippen LogP contribution in [0.15, 0.2) is 20.9 Å². The Morgan fingerprint density at radius 3 is 2.78 bits per heavy atom. The average Bonchev–Trinajstić information content (AvgIpc) is 2.56. The molecular formula is C13H16N2O3. The van der Waals surface area contributed by atoms with Crippen molar-refractivity contribution < 1.29 is 9.21 Å². The fraction of sp³-hybridized carbons (Fsp3) is 0.462. The van der Waals surface area contributed by atoms with Gasteiger partial charge in [-0.05, 0) is 33.3 Å². The van der Waals surface area contributed by atoms with Crippen LogP contribution in [0.3, 0.4) is 0 Å². The van der Waals surface area contributed by atoms with E-state index in [4.69, 9.17) is 4.42 Å². The van der Waals surface area contributed by atoms with E-state index in [1.54, 1.807) is 11.0 Å². The first-order valence-electron chi connectivity index (χ1n) is 5.96. The topological polar surface area (TPSA) is 63.4 Å². The van der Waals surface area contributed by atoms with Gasteiger partial charge >= 0.3 is 5.63 Å². The Balaban J connectivity index is 2.45. The average molecular weight is 248 g/mol. The minimum atomic E-state index is -0.487. The molecule has 0 saturated carbocycles. The SMILES string of the molecule is CC(C)=Cc1nc(N2C(=O)CC[C@H]2C)cc(=O)o1. The van der Waals surface area contributed by atoms with E-state index in [0.29, 0.717) is 12.2 Å². The van der Waals surface area contributed by atoms with Gasteiger partial charge < -0.3 is 4.42 Å². The van der Waals surface area contributed by atoms with E-state index >= 15 is 0 Å². The van der Waals surface area contributed by atoms with Crippen molar-refractivity contribution in [2.75, 3.05) is 4.90 Å². The number of hydrogen-bond donors (Lipinski definition) is 0. The summed E-state index contributed by atoms with van der Waals surface area (Å²) < 4.78 is 4.98. The molecule has 0 unspecified atom stereocenters. The summed E-state index contributed by atoms with van der Waals surface area (Å²) in [6.45, 7) is 5.72. The van der Waals surface area contributed by atoms with Gasteiger partial charge in [-0.2, -0.15) is 4.98 Å². The largest absolute Gasteiger partial charge is 0.404 e. The highest BCUT2D eigenvalue weighted by atomic mass is 16.4. The number of carbonyl (C=O) groups is 1. The Morgan fingerprint density at radius 2 is 2.22 bits per heavy atom. The van der Waals surface area contributed by atoms with E-state index in [1.165, 1.54) is 6.07 Å². The fourth-order valence-corrected chi connectivity index (χ4v) is 2.02. The van der Waals surface area contributed by atoms with Gasteiger partial charge in [-0.15, -0.1) is 0 Å². The third kappa shape index (κ3) is 2.50. The van der Waals surface area contributed by atoms with Gasteiger partial charge in [0.15, 0.2) is 0 Å². The molecule has 1 aliphatic heterocycles. The molecule has 0 radical (unpaired) electrons. The van der Waals surface area contributed by atoms with Gasteiger partial charge in [-0.1, -0.05) is 5.57 Å². The summed E-state index contributed by atoms with van der Waals surface area (Å²) in [5.41, 5.74) is 0.489. The smallest absolute Gasteiger partial charge is 0.341 e. The first-order valence-corrected chi connectivity index (χ1v) is 5.96. The maximum atomic E-state index is 11.8. The summed E-state index contributed by atoms with van der Waals surface area (Å²) >= 11 is 0. The molecule has 2 heterocycles. The van der Waals surface area contributed by atoms with E-state index in [2.05, 4.69) is 4.98 Å². The van der Waals surface area contributed by atoms with E-state index in [0.717, 1.165) is 12.0 Å². The maximum absolute atomic E-state index is 11.8. The van der Waals surface area contributed by atoms with Crippen LogP contribution in [0.4, 0.5) is 5.82 Å². The Bertz CT molecular complexity index is 556. The number of anilines is 1. The van der Waals surface area contributed by atoms with Gasteiger partial charge in [0.1, 0.15) is 5.82 Å². The van der Waals surface area contributed by atoms with Crippen LogP contribution in [0.2, 0.25) is 0 Å². The zero-order chi connectivity index (χ0) is 13.3. The second-order valence-corrected chi connectivity index (χ2v) is 4.75. The van der Waals surface area contributed by atoms with Gasteiger partial charge in [-0.25, -0.2) is 4.79 Å². The second kappa shape index (κ2) is 4.76. The zero-order valence-corrected chi connectivity index (χ0v) is 10.8. The van der Waals surface area contributed by atoms with Crippen molar-refractivity contribution >= 4 is 17.8 Å². The van der Waals surface area contributed by atoms with Crippen molar-refractivity contribution in [1.82, 2.24) is 4.98 Å². The maximum Gasteiger partial charge on any atom is 0.341 e. The molecule has 5 nitrogen and oxygen atoms in total. The van der Waals surface area contributed by atoms with Gasteiger partial charge in [0, 0.05) is 12.5 Å². The lowest BCUT2D eigenvalue weighted by Gasteiger charge is -2.19. The predicted octanol–water partition coefficient (Wildman–Crippen LogP) is 1.97. The molecule has 0 aromatic carbocycles. The third-order valence-electron chi connectivity index (χ3n) is 2.82. The van der Waals surface area contributed by atoms with E-state index < -0.39 is 5.63 Å². The fourth-order valence-electron chi connectivity index (χ4n) is 2.02. The molecular weight excluding hydrogens is 232 g/mol. The third-order valence-corrected chi connectivity index (χ3v) is 2.82. The number of aromatic nitrogens is 1. The van der Waals surface area contributed by atoms with Crippen LogP contribution in [0.25, 0.3) is 6.08 Å². The lowest BCUT2D eigenvalue weighted by molar-refractivity contribution is -0.117. The molecule has 5 heteroatoms. The Labute approximate surface area is 105 Å². The Hall–Kier alpha value is -1.91. The molecule has 1 aromatic rings. The van der Waals surface area contributed by atoms with Crippen molar-refractivity contribution in [3.05, 3.63) is 28.0 Å².